The van der Waals surface area contributed by atoms with E-state index >= 15 is 0 Å². The van der Waals surface area contributed by atoms with Crippen LogP contribution in [-0.2, 0) is 0 Å². The summed E-state index contributed by atoms with van der Waals surface area (Å²) in [6.45, 7) is 1.85. The molecule has 1 aliphatic rings. The summed E-state index contributed by atoms with van der Waals surface area (Å²) in [6, 6.07) is 19.4. The minimum atomic E-state index is -0.362. The molecule has 0 spiro atoms. The highest BCUT2D eigenvalue weighted by Gasteiger charge is 2.39. The number of nitrogens with zero attached hydrogens (tertiary/aromatic N) is 2. The van der Waals surface area contributed by atoms with Gasteiger partial charge in [0, 0.05) is 10.6 Å². The molecule has 3 aromatic carbocycles. The maximum absolute atomic E-state index is 13.1. The summed E-state index contributed by atoms with van der Waals surface area (Å²) in [4.78, 5) is 31.7. The summed E-state index contributed by atoms with van der Waals surface area (Å²) in [5.41, 5.74) is 3.52. The van der Waals surface area contributed by atoms with E-state index in [9.17, 15) is 9.59 Å². The number of hydrogen-bond acceptors (Lipinski definition) is 4. The van der Waals surface area contributed by atoms with E-state index in [4.69, 9.17) is 16.0 Å². The Bertz CT molecular complexity index is 1280. The Balaban J connectivity index is 1.54. The summed E-state index contributed by atoms with van der Waals surface area (Å²) in [7, 11) is 0. The first-order valence-corrected chi connectivity index (χ1v) is 9.54. The van der Waals surface area contributed by atoms with Crippen molar-refractivity contribution >= 4 is 34.5 Å². The average molecular weight is 403 g/mol. The van der Waals surface area contributed by atoms with E-state index < -0.39 is 0 Å². The van der Waals surface area contributed by atoms with Gasteiger partial charge in [-0.05, 0) is 48.9 Å². The van der Waals surface area contributed by atoms with Crippen LogP contribution in [0.15, 0.2) is 71.1 Å². The molecule has 0 saturated carbocycles. The number of aromatic nitrogens is 1. The van der Waals surface area contributed by atoms with Gasteiger partial charge in [-0.25, -0.2) is 4.98 Å². The summed E-state index contributed by atoms with van der Waals surface area (Å²) >= 11 is 6.01. The SMILES string of the molecule is C[C@@H](c1ccccc1)N1C(=O)c2ccc(-c3nc4cc(Cl)ccc4o3)cc2C1=O. The van der Waals surface area contributed by atoms with Gasteiger partial charge in [0.25, 0.3) is 11.8 Å². The van der Waals surface area contributed by atoms with E-state index in [0.29, 0.717) is 38.7 Å². The molecule has 0 aliphatic carbocycles. The molecule has 0 unspecified atom stereocenters. The van der Waals surface area contributed by atoms with Crippen molar-refractivity contribution in [3.8, 4) is 11.5 Å². The van der Waals surface area contributed by atoms with Gasteiger partial charge in [-0.3, -0.25) is 14.5 Å². The van der Waals surface area contributed by atoms with Crippen molar-refractivity contribution in [3.63, 3.8) is 0 Å². The maximum Gasteiger partial charge on any atom is 0.262 e. The fourth-order valence-corrected chi connectivity index (χ4v) is 3.82. The molecule has 2 amide bonds. The highest BCUT2D eigenvalue weighted by molar-refractivity contribution is 6.31. The largest absolute Gasteiger partial charge is 0.436 e. The highest BCUT2D eigenvalue weighted by Crippen LogP contribution is 2.34. The van der Waals surface area contributed by atoms with Crippen LogP contribution in [0.2, 0.25) is 5.02 Å². The smallest absolute Gasteiger partial charge is 0.262 e. The van der Waals surface area contributed by atoms with Crippen LogP contribution in [0.5, 0.6) is 0 Å². The quantitative estimate of drug-likeness (QED) is 0.424. The number of benzene rings is 3. The molecule has 2 heterocycles. The van der Waals surface area contributed by atoms with Crippen LogP contribution in [0.25, 0.3) is 22.6 Å². The molecule has 29 heavy (non-hydrogen) atoms. The van der Waals surface area contributed by atoms with Crippen molar-refractivity contribution in [2.75, 3.05) is 0 Å². The second-order valence-electron chi connectivity index (χ2n) is 6.96. The van der Waals surface area contributed by atoms with Gasteiger partial charge in [-0.1, -0.05) is 41.9 Å². The van der Waals surface area contributed by atoms with Crippen molar-refractivity contribution < 1.29 is 14.0 Å². The molecule has 1 aromatic heterocycles. The van der Waals surface area contributed by atoms with Crippen LogP contribution >= 0.6 is 11.6 Å². The molecule has 1 atom stereocenters. The first-order chi connectivity index (χ1) is 14.0. The maximum atomic E-state index is 13.1. The Labute approximate surface area is 171 Å². The predicted octanol–water partition coefficient (Wildman–Crippen LogP) is 5.51. The normalized spacial score (nSPS) is 14.5. The van der Waals surface area contributed by atoms with E-state index in [1.807, 2.05) is 37.3 Å². The minimum absolute atomic E-state index is 0.294. The summed E-state index contributed by atoms with van der Waals surface area (Å²) < 4.78 is 5.79. The van der Waals surface area contributed by atoms with Gasteiger partial charge in [0.05, 0.1) is 17.2 Å². The van der Waals surface area contributed by atoms with E-state index in [1.165, 1.54) is 4.90 Å². The van der Waals surface area contributed by atoms with Crippen molar-refractivity contribution in [1.82, 2.24) is 9.88 Å². The molecular formula is C23H15ClN2O3. The number of carbonyl (C=O) groups is 2. The second-order valence-corrected chi connectivity index (χ2v) is 7.39. The Morgan fingerprint density at radius 3 is 2.48 bits per heavy atom. The van der Waals surface area contributed by atoms with Gasteiger partial charge in [0.1, 0.15) is 5.52 Å². The zero-order valence-electron chi connectivity index (χ0n) is 15.4. The van der Waals surface area contributed by atoms with E-state index in [-0.39, 0.29) is 17.9 Å². The Hall–Kier alpha value is -3.44. The zero-order chi connectivity index (χ0) is 20.1. The lowest BCUT2D eigenvalue weighted by Crippen LogP contribution is -2.32. The Morgan fingerprint density at radius 2 is 1.69 bits per heavy atom. The molecule has 0 radical (unpaired) electrons. The summed E-state index contributed by atoms with van der Waals surface area (Å²) in [6.07, 6.45) is 0. The van der Waals surface area contributed by atoms with Gasteiger partial charge >= 0.3 is 0 Å². The predicted molar refractivity (Wildman–Crippen MR) is 110 cm³/mol. The van der Waals surface area contributed by atoms with Crippen LogP contribution in [0, 0.1) is 0 Å². The summed E-state index contributed by atoms with van der Waals surface area (Å²) in [5.74, 6) is -0.237. The number of fused-ring (bicyclic) bond motifs is 2. The van der Waals surface area contributed by atoms with Gasteiger partial charge in [0.2, 0.25) is 5.89 Å². The van der Waals surface area contributed by atoms with Gasteiger partial charge in [-0.15, -0.1) is 0 Å². The number of amides is 2. The van der Waals surface area contributed by atoms with Crippen molar-refractivity contribution in [2.24, 2.45) is 0 Å². The molecule has 5 rings (SSSR count). The number of imide groups is 1. The molecule has 0 fully saturated rings. The van der Waals surface area contributed by atoms with Gasteiger partial charge in [0.15, 0.2) is 5.58 Å². The highest BCUT2D eigenvalue weighted by atomic mass is 35.5. The molecule has 4 aromatic rings. The lowest BCUT2D eigenvalue weighted by molar-refractivity contribution is 0.0595. The zero-order valence-corrected chi connectivity index (χ0v) is 16.2. The molecular weight excluding hydrogens is 388 g/mol. The van der Waals surface area contributed by atoms with Gasteiger partial charge in [-0.2, -0.15) is 0 Å². The third kappa shape index (κ3) is 2.82. The molecule has 0 N–H and O–H groups in total. The van der Waals surface area contributed by atoms with Gasteiger partial charge < -0.3 is 4.42 Å². The van der Waals surface area contributed by atoms with Crippen molar-refractivity contribution in [3.05, 3.63) is 88.4 Å². The number of oxazole rings is 1. The lowest BCUT2D eigenvalue weighted by Gasteiger charge is -2.22. The third-order valence-electron chi connectivity index (χ3n) is 5.18. The molecule has 0 bridgehead atoms. The third-order valence-corrected chi connectivity index (χ3v) is 5.42. The summed E-state index contributed by atoms with van der Waals surface area (Å²) in [5, 5.41) is 0.567. The fourth-order valence-electron chi connectivity index (χ4n) is 3.65. The van der Waals surface area contributed by atoms with Crippen LogP contribution < -0.4 is 0 Å². The first-order valence-electron chi connectivity index (χ1n) is 9.16. The van der Waals surface area contributed by atoms with E-state index in [0.717, 1.165) is 5.56 Å². The molecule has 6 heteroatoms. The first kappa shape index (κ1) is 17.6. The second kappa shape index (κ2) is 6.57. The monoisotopic (exact) mass is 402 g/mol. The van der Waals surface area contributed by atoms with Crippen molar-refractivity contribution in [2.45, 2.75) is 13.0 Å². The number of rotatable bonds is 3. The number of carbonyl (C=O) groups excluding carboxylic acids is 2. The molecule has 142 valence electrons. The van der Waals surface area contributed by atoms with Crippen LogP contribution in [0.3, 0.4) is 0 Å². The number of halogens is 1. The Kier molecular flexibility index (Phi) is 4.00. The topological polar surface area (TPSA) is 63.4 Å². The van der Waals surface area contributed by atoms with Crippen LogP contribution in [0.1, 0.15) is 39.2 Å². The lowest BCUT2D eigenvalue weighted by atomic mass is 10.1. The van der Waals surface area contributed by atoms with E-state index in [1.54, 1.807) is 36.4 Å². The standard InChI is InChI=1S/C23H15ClN2O3/c1-13(14-5-3-2-4-6-14)26-22(27)17-9-7-15(11-18(17)23(26)28)21-25-19-12-16(24)8-10-20(19)29-21/h2-13H,1H3/t13-/m0/s1. The van der Waals surface area contributed by atoms with Crippen LogP contribution in [0.4, 0.5) is 0 Å². The number of hydrogen-bond donors (Lipinski definition) is 0. The molecule has 5 nitrogen and oxygen atoms in total. The minimum Gasteiger partial charge on any atom is -0.436 e. The molecule has 1 aliphatic heterocycles. The molecule has 0 saturated heterocycles. The van der Waals surface area contributed by atoms with Crippen LogP contribution in [-0.4, -0.2) is 21.7 Å². The van der Waals surface area contributed by atoms with E-state index in [2.05, 4.69) is 4.98 Å². The van der Waals surface area contributed by atoms with Crippen molar-refractivity contribution in [1.29, 1.82) is 0 Å². The average Bonchev–Trinajstić information content (AvgIpc) is 3.26. The fraction of sp³-hybridized carbons (Fsp3) is 0.0870. The Morgan fingerprint density at radius 1 is 0.931 bits per heavy atom.